The Morgan fingerprint density at radius 3 is 3.07 bits per heavy atom. The van der Waals surface area contributed by atoms with E-state index in [4.69, 9.17) is 4.74 Å². The summed E-state index contributed by atoms with van der Waals surface area (Å²) >= 11 is 0. The van der Waals surface area contributed by atoms with Crippen LogP contribution in [0, 0.1) is 11.8 Å². The van der Waals surface area contributed by atoms with Crippen LogP contribution in [0.2, 0.25) is 0 Å². The second-order valence-corrected chi connectivity index (χ2v) is 4.81. The van der Waals surface area contributed by atoms with Crippen LogP contribution in [-0.2, 0) is 4.74 Å². The van der Waals surface area contributed by atoms with Crippen LogP contribution in [-0.4, -0.2) is 50.8 Å². The van der Waals surface area contributed by atoms with Crippen LogP contribution in [0.15, 0.2) is 0 Å². The van der Waals surface area contributed by atoms with Crippen molar-refractivity contribution in [3.63, 3.8) is 0 Å². The van der Waals surface area contributed by atoms with Gasteiger partial charge in [0.1, 0.15) is 0 Å². The smallest absolute Gasteiger partial charge is 0.0589 e. The normalized spacial score (nSPS) is 38.6. The van der Waals surface area contributed by atoms with Crippen LogP contribution in [0.25, 0.3) is 0 Å². The fourth-order valence-electron chi connectivity index (χ4n) is 2.78. The van der Waals surface area contributed by atoms with Gasteiger partial charge < -0.3 is 15.0 Å². The van der Waals surface area contributed by atoms with E-state index in [2.05, 4.69) is 17.1 Å². The van der Waals surface area contributed by atoms with E-state index in [0.29, 0.717) is 6.04 Å². The molecule has 3 heteroatoms. The fraction of sp³-hybridized carbons (Fsp3) is 1.00. The number of methoxy groups -OCH3 is 1. The molecule has 1 N–H and O–H groups in total. The lowest BCUT2D eigenvalue weighted by atomic mass is 9.81. The highest BCUT2D eigenvalue weighted by atomic mass is 16.5. The predicted molar refractivity (Wildman–Crippen MR) is 57.4 cm³/mol. The molecule has 2 heterocycles. The minimum Gasteiger partial charge on any atom is -0.383 e. The molecule has 14 heavy (non-hydrogen) atoms. The van der Waals surface area contributed by atoms with E-state index in [0.717, 1.165) is 25.0 Å². The summed E-state index contributed by atoms with van der Waals surface area (Å²) in [5, 5.41) is 3.60. The maximum absolute atomic E-state index is 5.14. The van der Waals surface area contributed by atoms with E-state index in [1.165, 1.54) is 26.1 Å². The molecule has 2 fully saturated rings. The Hall–Kier alpha value is -0.120. The van der Waals surface area contributed by atoms with Gasteiger partial charge in [-0.05, 0) is 31.7 Å². The van der Waals surface area contributed by atoms with Crippen molar-refractivity contribution in [2.45, 2.75) is 19.4 Å². The molecule has 0 aromatic rings. The van der Waals surface area contributed by atoms with E-state index in [-0.39, 0.29) is 0 Å². The molecule has 0 aliphatic carbocycles. The lowest BCUT2D eigenvalue weighted by Gasteiger charge is -2.44. The minimum absolute atomic E-state index is 0.705. The second kappa shape index (κ2) is 4.60. The van der Waals surface area contributed by atoms with Crippen molar-refractivity contribution in [3.05, 3.63) is 0 Å². The molecular weight excluding hydrogens is 176 g/mol. The lowest BCUT2D eigenvalue weighted by molar-refractivity contribution is 0.0530. The molecule has 3 atom stereocenters. The topological polar surface area (TPSA) is 24.5 Å². The first-order valence-electron chi connectivity index (χ1n) is 5.74. The number of rotatable bonds is 3. The average molecular weight is 198 g/mol. The Bertz CT molecular complexity index is 186. The first-order valence-corrected chi connectivity index (χ1v) is 5.74. The highest BCUT2D eigenvalue weighted by molar-refractivity contribution is 4.90. The number of piperidine rings is 2. The average Bonchev–Trinajstić information content (AvgIpc) is 2.21. The first kappa shape index (κ1) is 10.4. The Morgan fingerprint density at radius 2 is 2.29 bits per heavy atom. The monoisotopic (exact) mass is 198 g/mol. The number of fused-ring (bicyclic) bond motifs is 2. The predicted octanol–water partition coefficient (Wildman–Crippen LogP) is 0.563. The summed E-state index contributed by atoms with van der Waals surface area (Å²) in [5.41, 5.74) is 0. The SMILES string of the molecule is COCCN1C[C@H]2CN[C@H](C)[C@@H](C2)C1. The van der Waals surface area contributed by atoms with Gasteiger partial charge in [-0.3, -0.25) is 0 Å². The zero-order chi connectivity index (χ0) is 9.97. The highest BCUT2D eigenvalue weighted by Crippen LogP contribution is 2.27. The third-order valence-electron chi connectivity index (χ3n) is 3.69. The van der Waals surface area contributed by atoms with Crippen LogP contribution >= 0.6 is 0 Å². The van der Waals surface area contributed by atoms with E-state index in [1.54, 1.807) is 7.11 Å². The standard InChI is InChI=1S/C11H22N2O/c1-9-11-5-10(6-12-9)7-13(8-11)3-4-14-2/h9-12H,3-8H2,1-2H3/t9-,10-,11+/m1/s1. The number of nitrogens with zero attached hydrogens (tertiary/aromatic N) is 1. The maximum Gasteiger partial charge on any atom is 0.0589 e. The summed E-state index contributed by atoms with van der Waals surface area (Å²) in [6.07, 6.45) is 1.43. The van der Waals surface area contributed by atoms with Crippen LogP contribution in [0.3, 0.4) is 0 Å². The third kappa shape index (κ3) is 2.27. The molecule has 2 rings (SSSR count). The van der Waals surface area contributed by atoms with E-state index in [1.807, 2.05) is 0 Å². The number of hydrogen-bond acceptors (Lipinski definition) is 3. The van der Waals surface area contributed by atoms with Crippen LogP contribution in [0.4, 0.5) is 0 Å². The van der Waals surface area contributed by atoms with E-state index >= 15 is 0 Å². The quantitative estimate of drug-likeness (QED) is 0.717. The lowest BCUT2D eigenvalue weighted by Crippen LogP contribution is -2.55. The summed E-state index contributed by atoms with van der Waals surface area (Å²) in [5.74, 6) is 1.74. The summed E-state index contributed by atoms with van der Waals surface area (Å²) in [4.78, 5) is 2.57. The van der Waals surface area contributed by atoms with Gasteiger partial charge in [-0.25, -0.2) is 0 Å². The largest absolute Gasteiger partial charge is 0.383 e. The number of nitrogens with one attached hydrogen (secondary N) is 1. The van der Waals surface area contributed by atoms with Crippen molar-refractivity contribution in [1.29, 1.82) is 0 Å². The third-order valence-corrected chi connectivity index (χ3v) is 3.69. The van der Waals surface area contributed by atoms with Gasteiger partial charge in [-0.2, -0.15) is 0 Å². The van der Waals surface area contributed by atoms with Crippen molar-refractivity contribution >= 4 is 0 Å². The molecule has 3 nitrogen and oxygen atoms in total. The first-order chi connectivity index (χ1) is 6.79. The Balaban J connectivity index is 1.85. The van der Waals surface area contributed by atoms with Gasteiger partial charge in [0, 0.05) is 32.8 Å². The van der Waals surface area contributed by atoms with Crippen molar-refractivity contribution in [3.8, 4) is 0 Å². The molecule has 0 saturated carbocycles. The zero-order valence-corrected chi connectivity index (χ0v) is 9.33. The van der Waals surface area contributed by atoms with Crippen molar-refractivity contribution < 1.29 is 4.74 Å². The van der Waals surface area contributed by atoms with Crippen LogP contribution in [0.1, 0.15) is 13.3 Å². The van der Waals surface area contributed by atoms with Gasteiger partial charge in [0.2, 0.25) is 0 Å². The Labute approximate surface area is 86.8 Å². The number of hydrogen-bond donors (Lipinski definition) is 1. The molecule has 0 radical (unpaired) electrons. The molecule has 0 aromatic carbocycles. The van der Waals surface area contributed by atoms with Gasteiger partial charge in [0.25, 0.3) is 0 Å². The number of ether oxygens (including phenoxy) is 1. The zero-order valence-electron chi connectivity index (χ0n) is 9.33. The van der Waals surface area contributed by atoms with Gasteiger partial charge in [0.05, 0.1) is 6.61 Å². The van der Waals surface area contributed by atoms with Crippen molar-refractivity contribution in [2.75, 3.05) is 39.9 Å². The molecule has 0 spiro atoms. The molecule has 2 saturated heterocycles. The molecule has 0 aromatic heterocycles. The van der Waals surface area contributed by atoms with Gasteiger partial charge >= 0.3 is 0 Å². The molecule has 82 valence electrons. The molecule has 2 aliphatic heterocycles. The van der Waals surface area contributed by atoms with Gasteiger partial charge in [-0.15, -0.1) is 0 Å². The molecule has 2 aliphatic rings. The van der Waals surface area contributed by atoms with Crippen LogP contribution in [0.5, 0.6) is 0 Å². The molecular formula is C11H22N2O. The highest BCUT2D eigenvalue weighted by Gasteiger charge is 2.33. The summed E-state index contributed by atoms with van der Waals surface area (Å²) in [6, 6.07) is 0.705. The summed E-state index contributed by atoms with van der Waals surface area (Å²) in [7, 11) is 1.79. The van der Waals surface area contributed by atoms with Crippen molar-refractivity contribution in [1.82, 2.24) is 10.2 Å². The van der Waals surface area contributed by atoms with Crippen molar-refractivity contribution in [2.24, 2.45) is 11.8 Å². The van der Waals surface area contributed by atoms with Gasteiger partial charge in [-0.1, -0.05) is 0 Å². The van der Waals surface area contributed by atoms with E-state index < -0.39 is 0 Å². The summed E-state index contributed by atoms with van der Waals surface area (Å²) < 4.78 is 5.14. The Morgan fingerprint density at radius 1 is 1.43 bits per heavy atom. The molecule has 0 unspecified atom stereocenters. The summed E-state index contributed by atoms with van der Waals surface area (Å²) in [6.45, 7) is 8.03. The van der Waals surface area contributed by atoms with E-state index in [9.17, 15) is 0 Å². The fourth-order valence-corrected chi connectivity index (χ4v) is 2.78. The minimum atomic E-state index is 0.705. The molecule has 2 bridgehead atoms. The van der Waals surface area contributed by atoms with Crippen LogP contribution < -0.4 is 5.32 Å². The molecule has 0 amide bonds. The number of likely N-dealkylation sites (tertiary alicyclic amines) is 1. The second-order valence-electron chi connectivity index (χ2n) is 4.81. The van der Waals surface area contributed by atoms with Gasteiger partial charge in [0.15, 0.2) is 0 Å². The Kier molecular flexibility index (Phi) is 3.42. The maximum atomic E-state index is 5.14.